The Morgan fingerprint density at radius 2 is 1.69 bits per heavy atom. The monoisotopic (exact) mass is 228 g/mol. The Labute approximate surface area is 98.5 Å². The Morgan fingerprint density at radius 1 is 1.06 bits per heavy atom. The number of allylic oxidation sites excluding steroid dienone is 1. The van der Waals surface area contributed by atoms with Gasteiger partial charge in [0.2, 0.25) is 0 Å². The normalized spacial score (nSPS) is 10.8. The highest BCUT2D eigenvalue weighted by Crippen LogP contribution is 2.08. The first-order valence-corrected chi connectivity index (χ1v) is 6.28. The molecule has 0 heterocycles. The van der Waals surface area contributed by atoms with E-state index in [9.17, 15) is 4.79 Å². The maximum atomic E-state index is 10.0. The van der Waals surface area contributed by atoms with Gasteiger partial charge in [-0.3, -0.25) is 0 Å². The zero-order valence-electron chi connectivity index (χ0n) is 10.3. The van der Waals surface area contributed by atoms with Crippen molar-refractivity contribution in [3.63, 3.8) is 0 Å². The molecule has 16 heavy (non-hydrogen) atoms. The highest BCUT2D eigenvalue weighted by atomic mass is 16.7. The Hall–Kier alpha value is -0.990. The lowest BCUT2D eigenvalue weighted by atomic mass is 10.1. The first-order valence-electron chi connectivity index (χ1n) is 6.28. The molecule has 0 atom stereocenters. The molecular weight excluding hydrogens is 204 g/mol. The summed E-state index contributed by atoms with van der Waals surface area (Å²) in [6.45, 7) is 2.40. The van der Waals surface area contributed by atoms with Gasteiger partial charge in [0.25, 0.3) is 0 Å². The predicted molar refractivity (Wildman–Crippen MR) is 65.7 cm³/mol. The van der Waals surface area contributed by atoms with Gasteiger partial charge in [0.15, 0.2) is 0 Å². The fourth-order valence-electron chi connectivity index (χ4n) is 1.52. The number of hydrogen-bond donors (Lipinski definition) is 1. The van der Waals surface area contributed by atoms with Crippen LogP contribution in [0.3, 0.4) is 0 Å². The highest BCUT2D eigenvalue weighted by Gasteiger charge is 1.91. The van der Waals surface area contributed by atoms with Gasteiger partial charge in [-0.1, -0.05) is 57.6 Å². The van der Waals surface area contributed by atoms with Crippen molar-refractivity contribution in [3.05, 3.63) is 12.2 Å². The third kappa shape index (κ3) is 13.0. The van der Waals surface area contributed by atoms with Crippen molar-refractivity contribution in [1.29, 1.82) is 0 Å². The first kappa shape index (κ1) is 15.0. The summed E-state index contributed by atoms with van der Waals surface area (Å²) in [5.74, 6) is 0. The number of unbranched alkanes of at least 4 members (excludes halogenated alkanes) is 7. The van der Waals surface area contributed by atoms with Crippen LogP contribution < -0.4 is 0 Å². The zero-order chi connectivity index (χ0) is 12.1. The molecule has 0 saturated carbocycles. The van der Waals surface area contributed by atoms with Crippen LogP contribution in [0.4, 0.5) is 4.79 Å². The molecule has 0 spiro atoms. The van der Waals surface area contributed by atoms with Crippen LogP contribution in [0, 0.1) is 0 Å². The molecule has 0 aliphatic rings. The second kappa shape index (κ2) is 12.1. The van der Waals surface area contributed by atoms with E-state index >= 15 is 0 Å². The largest absolute Gasteiger partial charge is 0.506 e. The Kier molecular flexibility index (Phi) is 11.3. The summed E-state index contributed by atoms with van der Waals surface area (Å²) in [7, 11) is 0. The Morgan fingerprint density at radius 3 is 2.31 bits per heavy atom. The molecular formula is C13H24O3. The number of carboxylic acid groups (broad SMARTS) is 1. The lowest BCUT2D eigenvalue weighted by Gasteiger charge is -1.98. The van der Waals surface area contributed by atoms with Gasteiger partial charge in [0, 0.05) is 0 Å². The number of hydrogen-bond acceptors (Lipinski definition) is 2. The van der Waals surface area contributed by atoms with Crippen molar-refractivity contribution in [2.75, 3.05) is 6.61 Å². The van der Waals surface area contributed by atoms with Gasteiger partial charge in [-0.05, 0) is 12.8 Å². The maximum Gasteiger partial charge on any atom is 0.506 e. The third-order valence-corrected chi connectivity index (χ3v) is 2.44. The fourth-order valence-corrected chi connectivity index (χ4v) is 1.52. The fraction of sp³-hybridized carbons (Fsp3) is 0.769. The molecule has 0 radical (unpaired) electrons. The summed E-state index contributed by atoms with van der Waals surface area (Å²) >= 11 is 0. The predicted octanol–water partition coefficient (Wildman–Crippen LogP) is 4.38. The standard InChI is InChI=1S/C13H24O3/c1-2-3-4-5-6-7-8-9-10-11-12-16-13(14)15/h10-11H,2-9,12H2,1H3,(H,14,15). The molecule has 0 rings (SSSR count). The molecule has 3 nitrogen and oxygen atoms in total. The molecule has 0 aromatic carbocycles. The van der Waals surface area contributed by atoms with Crippen LogP contribution in [0.15, 0.2) is 12.2 Å². The number of ether oxygens (including phenoxy) is 1. The van der Waals surface area contributed by atoms with Gasteiger partial charge in [0.1, 0.15) is 6.61 Å². The first-order chi connectivity index (χ1) is 7.77. The van der Waals surface area contributed by atoms with Crippen LogP contribution in [0.1, 0.15) is 58.3 Å². The van der Waals surface area contributed by atoms with E-state index in [1.165, 1.54) is 44.9 Å². The second-order valence-electron chi connectivity index (χ2n) is 3.96. The van der Waals surface area contributed by atoms with E-state index in [1.807, 2.05) is 6.08 Å². The van der Waals surface area contributed by atoms with Crippen molar-refractivity contribution in [3.8, 4) is 0 Å². The summed E-state index contributed by atoms with van der Waals surface area (Å²) in [5.41, 5.74) is 0. The van der Waals surface area contributed by atoms with Crippen molar-refractivity contribution < 1.29 is 14.6 Å². The van der Waals surface area contributed by atoms with E-state index in [0.717, 1.165) is 6.42 Å². The number of rotatable bonds is 10. The quantitative estimate of drug-likeness (QED) is 0.343. The highest BCUT2D eigenvalue weighted by molar-refractivity contribution is 5.56. The topological polar surface area (TPSA) is 46.5 Å². The molecule has 0 amide bonds. The lowest BCUT2D eigenvalue weighted by molar-refractivity contribution is 0.102. The van der Waals surface area contributed by atoms with Crippen LogP contribution in [0.5, 0.6) is 0 Å². The summed E-state index contributed by atoms with van der Waals surface area (Å²) in [4.78, 5) is 10.0. The van der Waals surface area contributed by atoms with Crippen molar-refractivity contribution >= 4 is 6.16 Å². The molecule has 0 aromatic heterocycles. The van der Waals surface area contributed by atoms with Crippen molar-refractivity contribution in [2.45, 2.75) is 58.3 Å². The van der Waals surface area contributed by atoms with E-state index in [-0.39, 0.29) is 6.61 Å². The van der Waals surface area contributed by atoms with Gasteiger partial charge in [0.05, 0.1) is 0 Å². The van der Waals surface area contributed by atoms with Crippen LogP contribution in [0.2, 0.25) is 0 Å². The minimum atomic E-state index is -1.21. The Bertz CT molecular complexity index is 188. The van der Waals surface area contributed by atoms with Crippen LogP contribution in [-0.4, -0.2) is 17.9 Å². The second-order valence-corrected chi connectivity index (χ2v) is 3.96. The van der Waals surface area contributed by atoms with Crippen LogP contribution in [0.25, 0.3) is 0 Å². The van der Waals surface area contributed by atoms with Gasteiger partial charge >= 0.3 is 6.16 Å². The van der Waals surface area contributed by atoms with Gasteiger partial charge in [-0.2, -0.15) is 0 Å². The maximum absolute atomic E-state index is 10.0. The molecule has 0 bridgehead atoms. The zero-order valence-corrected chi connectivity index (χ0v) is 10.3. The summed E-state index contributed by atoms with van der Waals surface area (Å²) < 4.78 is 4.34. The number of carbonyl (C=O) groups is 1. The summed E-state index contributed by atoms with van der Waals surface area (Å²) in [5, 5.41) is 8.20. The van der Waals surface area contributed by atoms with E-state index in [1.54, 1.807) is 6.08 Å². The molecule has 0 aliphatic carbocycles. The Balaban J connectivity index is 3.05. The molecule has 94 valence electrons. The molecule has 0 fully saturated rings. The third-order valence-electron chi connectivity index (χ3n) is 2.44. The molecule has 1 N–H and O–H groups in total. The van der Waals surface area contributed by atoms with Gasteiger partial charge < -0.3 is 9.84 Å². The molecule has 3 heteroatoms. The van der Waals surface area contributed by atoms with Crippen LogP contribution in [-0.2, 0) is 4.74 Å². The van der Waals surface area contributed by atoms with Crippen molar-refractivity contribution in [2.24, 2.45) is 0 Å². The van der Waals surface area contributed by atoms with E-state index in [2.05, 4.69) is 11.7 Å². The van der Waals surface area contributed by atoms with Gasteiger partial charge in [-0.25, -0.2) is 4.79 Å². The summed E-state index contributed by atoms with van der Waals surface area (Å²) in [6.07, 6.45) is 12.7. The van der Waals surface area contributed by atoms with Crippen molar-refractivity contribution in [1.82, 2.24) is 0 Å². The molecule has 0 aromatic rings. The van der Waals surface area contributed by atoms with E-state index in [0.29, 0.717) is 0 Å². The lowest BCUT2D eigenvalue weighted by Crippen LogP contribution is -1.98. The van der Waals surface area contributed by atoms with E-state index in [4.69, 9.17) is 5.11 Å². The average molecular weight is 228 g/mol. The average Bonchev–Trinajstić information content (AvgIpc) is 2.25. The summed E-state index contributed by atoms with van der Waals surface area (Å²) in [6, 6.07) is 0. The minimum absolute atomic E-state index is 0.172. The SMILES string of the molecule is CCCCCCCCCC=CCOC(=O)O. The molecule has 0 aliphatic heterocycles. The van der Waals surface area contributed by atoms with Crippen LogP contribution >= 0.6 is 0 Å². The molecule has 0 saturated heterocycles. The van der Waals surface area contributed by atoms with E-state index < -0.39 is 6.16 Å². The minimum Gasteiger partial charge on any atom is -0.450 e. The van der Waals surface area contributed by atoms with Gasteiger partial charge in [-0.15, -0.1) is 0 Å². The smallest absolute Gasteiger partial charge is 0.450 e. The molecule has 0 unspecified atom stereocenters.